The highest BCUT2D eigenvalue weighted by Crippen LogP contribution is 2.46. The number of fused-ring (bicyclic) bond motifs is 2. The molecule has 1 aromatic carbocycles. The number of likely N-dealkylation sites (tertiary alicyclic amines) is 1. The first-order valence-electron chi connectivity index (χ1n) is 9.89. The van der Waals surface area contributed by atoms with Crippen LogP contribution in [0.1, 0.15) is 30.0 Å². The molecule has 2 aromatic rings. The van der Waals surface area contributed by atoms with E-state index in [1.807, 2.05) is 25.1 Å². The van der Waals surface area contributed by atoms with E-state index in [9.17, 15) is 9.18 Å². The topological polar surface area (TPSA) is 41.4 Å². The van der Waals surface area contributed by atoms with Gasteiger partial charge in [-0.15, -0.1) is 0 Å². The number of piperidine rings is 3. The van der Waals surface area contributed by atoms with Crippen molar-refractivity contribution in [3.63, 3.8) is 0 Å². The molecule has 5 heterocycles. The molecule has 5 nitrogen and oxygen atoms in total. The first-order chi connectivity index (χ1) is 13.1. The first kappa shape index (κ1) is 16.9. The standard InChI is InChI=1S/C21H25FN4O/c1-14-6-9-23-26(14)13-19(27)25-12-18(15-2-4-17(22)5-3-15)21-20(25)16-7-10-24(21)11-8-16/h2-6,9,16,18,20-21H,7-8,10-13H2,1H3/t18-,20+,21+/m1/s1. The van der Waals surface area contributed by atoms with Gasteiger partial charge in [0, 0.05) is 30.4 Å². The highest BCUT2D eigenvalue weighted by molar-refractivity contribution is 5.77. The van der Waals surface area contributed by atoms with Gasteiger partial charge in [0.2, 0.25) is 5.91 Å². The van der Waals surface area contributed by atoms with Gasteiger partial charge in [-0.1, -0.05) is 12.1 Å². The summed E-state index contributed by atoms with van der Waals surface area (Å²) in [6.45, 7) is 5.22. The van der Waals surface area contributed by atoms with Crippen LogP contribution in [0, 0.1) is 18.7 Å². The Morgan fingerprint density at radius 3 is 2.56 bits per heavy atom. The van der Waals surface area contributed by atoms with Gasteiger partial charge in [0.25, 0.3) is 0 Å². The molecule has 4 aliphatic heterocycles. The molecule has 0 radical (unpaired) electrons. The van der Waals surface area contributed by atoms with Crippen LogP contribution in [0.15, 0.2) is 36.5 Å². The van der Waals surface area contributed by atoms with Crippen molar-refractivity contribution in [1.82, 2.24) is 19.6 Å². The van der Waals surface area contributed by atoms with Crippen LogP contribution in [0.25, 0.3) is 0 Å². The molecular weight excluding hydrogens is 343 g/mol. The summed E-state index contributed by atoms with van der Waals surface area (Å²) in [5, 5.41) is 4.28. The Labute approximate surface area is 158 Å². The average Bonchev–Trinajstić information content (AvgIpc) is 3.29. The molecule has 0 aliphatic carbocycles. The molecule has 2 bridgehead atoms. The fourth-order valence-electron chi connectivity index (χ4n) is 5.49. The minimum atomic E-state index is -0.208. The molecule has 0 saturated carbocycles. The van der Waals surface area contributed by atoms with Crippen molar-refractivity contribution in [1.29, 1.82) is 0 Å². The highest BCUT2D eigenvalue weighted by Gasteiger charge is 2.54. The Morgan fingerprint density at radius 1 is 1.15 bits per heavy atom. The SMILES string of the molecule is Cc1ccnn1CC(=O)N1C[C@H](c2ccc(F)cc2)[C@H]2[C@@H]1C1CCN2CC1. The Hall–Kier alpha value is -2.21. The van der Waals surface area contributed by atoms with E-state index in [0.717, 1.165) is 24.3 Å². The fourth-order valence-corrected chi connectivity index (χ4v) is 5.49. The smallest absolute Gasteiger partial charge is 0.244 e. The Balaban J connectivity index is 1.46. The van der Waals surface area contributed by atoms with Gasteiger partial charge in [0.15, 0.2) is 0 Å². The number of carbonyl (C=O) groups excluding carboxylic acids is 1. The van der Waals surface area contributed by atoms with E-state index in [1.54, 1.807) is 23.0 Å². The van der Waals surface area contributed by atoms with Gasteiger partial charge < -0.3 is 4.90 Å². The number of rotatable bonds is 3. The third kappa shape index (κ3) is 2.78. The zero-order valence-corrected chi connectivity index (χ0v) is 15.6. The predicted octanol–water partition coefficient (Wildman–Crippen LogP) is 2.42. The normalized spacial score (nSPS) is 31.9. The summed E-state index contributed by atoms with van der Waals surface area (Å²) in [7, 11) is 0. The number of benzene rings is 1. The average molecular weight is 368 g/mol. The summed E-state index contributed by atoms with van der Waals surface area (Å²) >= 11 is 0. The molecule has 4 saturated heterocycles. The summed E-state index contributed by atoms with van der Waals surface area (Å²) in [4.78, 5) is 17.9. The number of aromatic nitrogens is 2. The molecule has 0 unspecified atom stereocenters. The lowest BCUT2D eigenvalue weighted by atomic mass is 9.75. The molecule has 3 atom stereocenters. The molecule has 1 aromatic heterocycles. The van der Waals surface area contributed by atoms with Crippen molar-refractivity contribution >= 4 is 5.91 Å². The van der Waals surface area contributed by atoms with Gasteiger partial charge in [-0.05, 0) is 62.5 Å². The summed E-state index contributed by atoms with van der Waals surface area (Å²) in [5.74, 6) is 0.769. The van der Waals surface area contributed by atoms with Crippen molar-refractivity contribution in [2.75, 3.05) is 19.6 Å². The maximum atomic E-state index is 13.4. The van der Waals surface area contributed by atoms with E-state index >= 15 is 0 Å². The molecule has 27 heavy (non-hydrogen) atoms. The van der Waals surface area contributed by atoms with Crippen LogP contribution in [0.3, 0.4) is 0 Å². The summed E-state index contributed by atoms with van der Waals surface area (Å²) in [5.41, 5.74) is 2.15. The van der Waals surface area contributed by atoms with Crippen LogP contribution in [-0.4, -0.2) is 57.2 Å². The Kier molecular flexibility index (Phi) is 4.04. The summed E-state index contributed by atoms with van der Waals surface area (Å²) in [6.07, 6.45) is 4.08. The van der Waals surface area contributed by atoms with Crippen molar-refractivity contribution in [3.05, 3.63) is 53.6 Å². The quantitative estimate of drug-likeness (QED) is 0.836. The lowest BCUT2D eigenvalue weighted by Gasteiger charge is -2.51. The molecule has 6 heteroatoms. The third-order valence-electron chi connectivity index (χ3n) is 6.83. The summed E-state index contributed by atoms with van der Waals surface area (Å²) < 4.78 is 15.2. The van der Waals surface area contributed by atoms with Crippen LogP contribution in [0.5, 0.6) is 0 Å². The van der Waals surface area contributed by atoms with E-state index in [0.29, 0.717) is 25.0 Å². The third-order valence-corrected chi connectivity index (χ3v) is 6.83. The van der Waals surface area contributed by atoms with Crippen LogP contribution in [-0.2, 0) is 11.3 Å². The number of nitrogens with zero attached hydrogens (tertiary/aromatic N) is 4. The molecule has 0 N–H and O–H groups in total. The van der Waals surface area contributed by atoms with Crippen LogP contribution >= 0.6 is 0 Å². The molecular formula is C21H25FN4O. The van der Waals surface area contributed by atoms with Gasteiger partial charge >= 0.3 is 0 Å². The van der Waals surface area contributed by atoms with Gasteiger partial charge in [-0.2, -0.15) is 5.10 Å². The molecule has 1 amide bonds. The van der Waals surface area contributed by atoms with E-state index in [1.165, 1.54) is 12.8 Å². The van der Waals surface area contributed by atoms with Gasteiger partial charge in [0.1, 0.15) is 12.4 Å². The maximum absolute atomic E-state index is 13.4. The Morgan fingerprint density at radius 2 is 1.89 bits per heavy atom. The monoisotopic (exact) mass is 368 g/mol. The molecule has 4 aliphatic rings. The van der Waals surface area contributed by atoms with E-state index in [4.69, 9.17) is 0 Å². The summed E-state index contributed by atoms with van der Waals surface area (Å²) in [6, 6.07) is 9.42. The highest BCUT2D eigenvalue weighted by atomic mass is 19.1. The largest absolute Gasteiger partial charge is 0.336 e. The van der Waals surface area contributed by atoms with Crippen LogP contribution < -0.4 is 0 Å². The number of amides is 1. The van der Waals surface area contributed by atoms with Gasteiger partial charge in [-0.25, -0.2) is 4.39 Å². The lowest BCUT2D eigenvalue weighted by molar-refractivity contribution is -0.136. The number of aryl methyl sites for hydroxylation is 1. The maximum Gasteiger partial charge on any atom is 0.244 e. The number of hydrogen-bond acceptors (Lipinski definition) is 3. The number of halogens is 1. The predicted molar refractivity (Wildman–Crippen MR) is 99.7 cm³/mol. The number of carbonyl (C=O) groups is 1. The van der Waals surface area contributed by atoms with Crippen molar-refractivity contribution < 1.29 is 9.18 Å². The minimum absolute atomic E-state index is 0.148. The molecule has 6 rings (SSSR count). The fraction of sp³-hybridized carbons (Fsp3) is 0.524. The molecule has 0 spiro atoms. The van der Waals surface area contributed by atoms with Gasteiger partial charge in [-0.3, -0.25) is 14.4 Å². The molecule has 142 valence electrons. The minimum Gasteiger partial charge on any atom is -0.336 e. The van der Waals surface area contributed by atoms with E-state index in [2.05, 4.69) is 14.9 Å². The second-order valence-corrected chi connectivity index (χ2v) is 8.19. The van der Waals surface area contributed by atoms with Crippen LogP contribution in [0.2, 0.25) is 0 Å². The van der Waals surface area contributed by atoms with Crippen molar-refractivity contribution in [2.24, 2.45) is 5.92 Å². The van der Waals surface area contributed by atoms with Gasteiger partial charge in [0.05, 0.1) is 6.04 Å². The number of hydrogen-bond donors (Lipinski definition) is 0. The zero-order valence-electron chi connectivity index (χ0n) is 15.6. The van der Waals surface area contributed by atoms with Crippen LogP contribution in [0.4, 0.5) is 4.39 Å². The Bertz CT molecular complexity index is 840. The zero-order chi connectivity index (χ0) is 18.5. The van der Waals surface area contributed by atoms with Crippen molar-refractivity contribution in [2.45, 2.75) is 44.3 Å². The van der Waals surface area contributed by atoms with E-state index in [-0.39, 0.29) is 23.7 Å². The second kappa shape index (κ2) is 6.44. The molecule has 4 fully saturated rings. The lowest BCUT2D eigenvalue weighted by Crippen LogP contribution is -2.61. The van der Waals surface area contributed by atoms with E-state index < -0.39 is 0 Å². The second-order valence-electron chi connectivity index (χ2n) is 8.19. The first-order valence-corrected chi connectivity index (χ1v) is 9.89. The van der Waals surface area contributed by atoms with Crippen molar-refractivity contribution in [3.8, 4) is 0 Å².